The summed E-state index contributed by atoms with van der Waals surface area (Å²) < 4.78 is 8.07. The lowest BCUT2D eigenvalue weighted by Gasteiger charge is -2.23. The second-order valence-electron chi connectivity index (χ2n) is 6.21. The van der Waals surface area contributed by atoms with Crippen LogP contribution in [0, 0.1) is 5.92 Å². The fourth-order valence-electron chi connectivity index (χ4n) is 3.14. The highest BCUT2D eigenvalue weighted by molar-refractivity contribution is 6.30. The average Bonchev–Trinajstić information content (AvgIpc) is 3.24. The normalized spacial score (nSPS) is 17.0. The Morgan fingerprint density at radius 1 is 1.21 bits per heavy atom. The van der Waals surface area contributed by atoms with E-state index in [0.29, 0.717) is 5.92 Å². The minimum absolute atomic E-state index is 0.610. The summed E-state index contributed by atoms with van der Waals surface area (Å²) in [7, 11) is 0. The SMILES string of the molecule is Clc1ccc(-c2ccc(CNCC3CCc4nncn4C3)o2)cc1. The molecule has 0 saturated carbocycles. The molecule has 1 N–H and O–H groups in total. The predicted octanol–water partition coefficient (Wildman–Crippen LogP) is 3.54. The smallest absolute Gasteiger partial charge is 0.134 e. The number of hydrogen-bond acceptors (Lipinski definition) is 4. The van der Waals surface area contributed by atoms with Crippen LogP contribution >= 0.6 is 11.6 Å². The molecular weight excluding hydrogens is 324 g/mol. The Morgan fingerprint density at radius 2 is 2.08 bits per heavy atom. The van der Waals surface area contributed by atoms with Crippen molar-refractivity contribution in [2.75, 3.05) is 6.54 Å². The number of furan rings is 1. The van der Waals surface area contributed by atoms with Crippen LogP contribution in [0.15, 0.2) is 47.1 Å². The van der Waals surface area contributed by atoms with E-state index in [1.54, 1.807) is 0 Å². The average molecular weight is 343 g/mol. The van der Waals surface area contributed by atoms with Crippen LogP contribution in [0.2, 0.25) is 5.02 Å². The maximum atomic E-state index is 5.92. The Bertz CT molecular complexity index is 809. The van der Waals surface area contributed by atoms with Crippen molar-refractivity contribution in [2.45, 2.75) is 25.9 Å². The van der Waals surface area contributed by atoms with Crippen molar-refractivity contribution in [1.29, 1.82) is 0 Å². The van der Waals surface area contributed by atoms with Crippen LogP contribution in [0.5, 0.6) is 0 Å². The second kappa shape index (κ2) is 6.79. The Morgan fingerprint density at radius 3 is 2.96 bits per heavy atom. The van der Waals surface area contributed by atoms with Gasteiger partial charge in [0.15, 0.2) is 0 Å². The standard InChI is InChI=1S/C18H19ClN4O/c19-15-4-2-14(3-5-15)17-7-6-16(24-17)10-20-9-13-1-8-18-22-21-12-23(18)11-13/h2-7,12-13,20H,1,8-11H2. The van der Waals surface area contributed by atoms with Gasteiger partial charge in [-0.15, -0.1) is 10.2 Å². The van der Waals surface area contributed by atoms with Gasteiger partial charge in [-0.2, -0.15) is 0 Å². The lowest BCUT2D eigenvalue weighted by atomic mass is 9.99. The highest BCUT2D eigenvalue weighted by Gasteiger charge is 2.19. The summed E-state index contributed by atoms with van der Waals surface area (Å²) in [6, 6.07) is 11.7. The summed E-state index contributed by atoms with van der Waals surface area (Å²) in [5.41, 5.74) is 1.04. The maximum absolute atomic E-state index is 5.92. The van der Waals surface area contributed by atoms with Gasteiger partial charge in [-0.05, 0) is 48.7 Å². The number of halogens is 1. The zero-order chi connectivity index (χ0) is 16.4. The summed E-state index contributed by atoms with van der Waals surface area (Å²) in [5.74, 6) is 3.53. The molecule has 1 atom stereocenters. The van der Waals surface area contributed by atoms with Crippen molar-refractivity contribution in [3.8, 4) is 11.3 Å². The van der Waals surface area contributed by atoms with Gasteiger partial charge in [0.2, 0.25) is 0 Å². The zero-order valence-electron chi connectivity index (χ0n) is 13.3. The fraction of sp³-hybridized carbons (Fsp3) is 0.333. The van der Waals surface area contributed by atoms with Crippen LogP contribution in [-0.4, -0.2) is 21.3 Å². The first-order chi connectivity index (χ1) is 11.8. The summed E-state index contributed by atoms with van der Waals surface area (Å²) in [6.45, 7) is 2.69. The Balaban J connectivity index is 1.30. The van der Waals surface area contributed by atoms with E-state index in [2.05, 4.69) is 20.1 Å². The van der Waals surface area contributed by atoms with Gasteiger partial charge >= 0.3 is 0 Å². The Labute approximate surface area is 145 Å². The van der Waals surface area contributed by atoms with Gasteiger partial charge in [-0.25, -0.2) is 0 Å². The van der Waals surface area contributed by atoms with Crippen LogP contribution in [0.1, 0.15) is 18.0 Å². The highest BCUT2D eigenvalue weighted by atomic mass is 35.5. The molecule has 124 valence electrons. The molecule has 1 unspecified atom stereocenters. The molecule has 0 amide bonds. The van der Waals surface area contributed by atoms with Gasteiger partial charge in [0.1, 0.15) is 23.7 Å². The van der Waals surface area contributed by atoms with E-state index in [1.807, 2.05) is 42.7 Å². The van der Waals surface area contributed by atoms with Crippen LogP contribution in [0.3, 0.4) is 0 Å². The lowest BCUT2D eigenvalue weighted by Crippen LogP contribution is -2.29. The van der Waals surface area contributed by atoms with Crippen LogP contribution < -0.4 is 5.32 Å². The number of hydrogen-bond donors (Lipinski definition) is 1. The first-order valence-corrected chi connectivity index (χ1v) is 8.58. The molecule has 6 heteroatoms. The minimum Gasteiger partial charge on any atom is -0.460 e. The number of nitrogens with one attached hydrogen (secondary N) is 1. The minimum atomic E-state index is 0.610. The third kappa shape index (κ3) is 3.37. The first kappa shape index (κ1) is 15.4. The third-order valence-corrected chi connectivity index (χ3v) is 4.70. The van der Waals surface area contributed by atoms with Gasteiger partial charge in [-0.3, -0.25) is 0 Å². The number of benzene rings is 1. The number of aryl methyl sites for hydroxylation is 1. The van der Waals surface area contributed by atoms with E-state index >= 15 is 0 Å². The Kier molecular flexibility index (Phi) is 4.36. The molecule has 24 heavy (non-hydrogen) atoms. The van der Waals surface area contributed by atoms with Crippen molar-refractivity contribution < 1.29 is 4.42 Å². The maximum Gasteiger partial charge on any atom is 0.134 e. The molecule has 3 aromatic rings. The molecule has 0 radical (unpaired) electrons. The fourth-order valence-corrected chi connectivity index (χ4v) is 3.26. The summed E-state index contributed by atoms with van der Waals surface area (Å²) in [6.07, 6.45) is 3.99. The van der Waals surface area contributed by atoms with E-state index < -0.39 is 0 Å². The molecule has 0 saturated heterocycles. The van der Waals surface area contributed by atoms with E-state index in [1.165, 1.54) is 0 Å². The molecule has 1 aliphatic heterocycles. The van der Waals surface area contributed by atoms with E-state index in [0.717, 1.165) is 60.4 Å². The van der Waals surface area contributed by atoms with Gasteiger partial charge in [0.25, 0.3) is 0 Å². The number of rotatable bonds is 5. The first-order valence-electron chi connectivity index (χ1n) is 8.20. The van der Waals surface area contributed by atoms with Crippen LogP contribution in [-0.2, 0) is 19.5 Å². The summed E-state index contributed by atoms with van der Waals surface area (Å²) >= 11 is 5.92. The molecule has 1 aromatic carbocycles. The number of nitrogens with zero attached hydrogens (tertiary/aromatic N) is 3. The number of fused-ring (bicyclic) bond motifs is 1. The molecule has 0 fully saturated rings. The quantitative estimate of drug-likeness (QED) is 0.770. The lowest BCUT2D eigenvalue weighted by molar-refractivity contribution is 0.342. The summed E-state index contributed by atoms with van der Waals surface area (Å²) in [5, 5.41) is 12.3. The molecule has 3 heterocycles. The Hall–Kier alpha value is -2.11. The summed E-state index contributed by atoms with van der Waals surface area (Å²) in [4.78, 5) is 0. The monoisotopic (exact) mass is 342 g/mol. The van der Waals surface area contributed by atoms with Crippen molar-refractivity contribution in [1.82, 2.24) is 20.1 Å². The molecule has 0 bridgehead atoms. The molecule has 2 aromatic heterocycles. The molecule has 0 spiro atoms. The van der Waals surface area contributed by atoms with E-state index in [4.69, 9.17) is 16.0 Å². The molecule has 4 rings (SSSR count). The topological polar surface area (TPSA) is 55.9 Å². The molecule has 0 aliphatic carbocycles. The van der Waals surface area contributed by atoms with Crippen LogP contribution in [0.25, 0.3) is 11.3 Å². The molecular formula is C18H19ClN4O. The predicted molar refractivity (Wildman–Crippen MR) is 92.7 cm³/mol. The van der Waals surface area contributed by atoms with E-state index in [9.17, 15) is 0 Å². The highest BCUT2D eigenvalue weighted by Crippen LogP contribution is 2.24. The van der Waals surface area contributed by atoms with Crippen molar-refractivity contribution in [3.63, 3.8) is 0 Å². The second-order valence-corrected chi connectivity index (χ2v) is 6.64. The number of aromatic nitrogens is 3. The van der Waals surface area contributed by atoms with Gasteiger partial charge in [0, 0.05) is 30.1 Å². The zero-order valence-corrected chi connectivity index (χ0v) is 14.0. The van der Waals surface area contributed by atoms with Gasteiger partial charge in [0.05, 0.1) is 6.54 Å². The third-order valence-electron chi connectivity index (χ3n) is 4.45. The van der Waals surface area contributed by atoms with Crippen molar-refractivity contribution in [3.05, 3.63) is 59.3 Å². The van der Waals surface area contributed by atoms with Crippen LogP contribution in [0.4, 0.5) is 0 Å². The van der Waals surface area contributed by atoms with Gasteiger partial charge < -0.3 is 14.3 Å². The molecule has 5 nitrogen and oxygen atoms in total. The van der Waals surface area contributed by atoms with Gasteiger partial charge in [-0.1, -0.05) is 11.6 Å². The van der Waals surface area contributed by atoms with Crippen molar-refractivity contribution >= 4 is 11.6 Å². The molecule has 1 aliphatic rings. The largest absolute Gasteiger partial charge is 0.460 e. The van der Waals surface area contributed by atoms with Crippen molar-refractivity contribution in [2.24, 2.45) is 5.92 Å². The van der Waals surface area contributed by atoms with E-state index in [-0.39, 0.29) is 0 Å².